The zero-order valence-electron chi connectivity index (χ0n) is 12.6. The topological polar surface area (TPSA) is 49.9 Å². The number of carbonyl (C=O) groups is 2. The lowest BCUT2D eigenvalue weighted by atomic mass is 9.97. The highest BCUT2D eigenvalue weighted by atomic mass is 35.5. The lowest BCUT2D eigenvalue weighted by molar-refractivity contribution is -0.274. The Labute approximate surface area is 140 Å². The van der Waals surface area contributed by atoms with Crippen LogP contribution in [0.3, 0.4) is 0 Å². The summed E-state index contributed by atoms with van der Waals surface area (Å²) in [4.78, 5) is 26.2. The van der Waals surface area contributed by atoms with Gasteiger partial charge in [0.25, 0.3) is 0 Å². The summed E-state index contributed by atoms with van der Waals surface area (Å²) in [5.41, 5.74) is 0.297. The standard InChI is InChI=1S/C15H14ClF3N2O3/c1-14(16)8-21(13(14)23)11-5-6-20(12(11)22)9-3-2-4-10(7-9)24-15(17,18)19/h2-4,7,11H,5-6,8H2,1H3. The Kier molecular flexibility index (Phi) is 3.90. The van der Waals surface area contributed by atoms with Crippen molar-refractivity contribution in [2.24, 2.45) is 0 Å². The Morgan fingerprint density at radius 1 is 1.33 bits per heavy atom. The smallest absolute Gasteiger partial charge is 0.406 e. The summed E-state index contributed by atoms with van der Waals surface area (Å²) >= 11 is 5.97. The number of ether oxygens (including phenoxy) is 1. The number of benzene rings is 1. The maximum absolute atomic E-state index is 12.5. The minimum absolute atomic E-state index is 0.273. The largest absolute Gasteiger partial charge is 0.573 e. The molecule has 0 aliphatic carbocycles. The minimum Gasteiger partial charge on any atom is -0.406 e. The zero-order valence-corrected chi connectivity index (χ0v) is 13.4. The lowest BCUT2D eigenvalue weighted by Crippen LogP contribution is -2.66. The van der Waals surface area contributed by atoms with E-state index >= 15 is 0 Å². The Hall–Kier alpha value is -1.96. The number of hydrogen-bond donors (Lipinski definition) is 0. The molecule has 2 fully saturated rings. The molecule has 2 saturated heterocycles. The number of nitrogens with zero attached hydrogens (tertiary/aromatic N) is 2. The number of anilines is 1. The predicted octanol–water partition coefficient (Wildman–Crippen LogP) is 2.53. The molecule has 2 amide bonds. The maximum atomic E-state index is 12.5. The molecular formula is C15H14ClF3N2O3. The van der Waals surface area contributed by atoms with Crippen LogP contribution in [0.1, 0.15) is 13.3 Å². The third-order valence-electron chi connectivity index (χ3n) is 4.09. The summed E-state index contributed by atoms with van der Waals surface area (Å²) in [5.74, 6) is -1.04. The Balaban J connectivity index is 1.74. The number of alkyl halides is 4. The molecule has 1 aromatic rings. The SMILES string of the molecule is CC1(Cl)CN(C2CCN(c3cccc(OC(F)(F)F)c3)C2=O)C1=O. The molecule has 0 N–H and O–H groups in total. The molecule has 0 radical (unpaired) electrons. The van der Waals surface area contributed by atoms with Crippen molar-refractivity contribution in [3.05, 3.63) is 24.3 Å². The second-order valence-corrected chi connectivity index (χ2v) is 6.80. The van der Waals surface area contributed by atoms with Crippen LogP contribution < -0.4 is 9.64 Å². The van der Waals surface area contributed by atoms with Gasteiger partial charge in [-0.15, -0.1) is 24.8 Å². The summed E-state index contributed by atoms with van der Waals surface area (Å²) in [7, 11) is 0. The Morgan fingerprint density at radius 3 is 2.62 bits per heavy atom. The van der Waals surface area contributed by atoms with E-state index < -0.39 is 23.0 Å². The first-order chi connectivity index (χ1) is 11.1. The van der Waals surface area contributed by atoms with Gasteiger partial charge in [-0.2, -0.15) is 0 Å². The van der Waals surface area contributed by atoms with E-state index in [9.17, 15) is 22.8 Å². The zero-order chi connectivity index (χ0) is 17.7. The molecule has 24 heavy (non-hydrogen) atoms. The minimum atomic E-state index is -4.80. The highest BCUT2D eigenvalue weighted by molar-refractivity contribution is 6.37. The summed E-state index contributed by atoms with van der Waals surface area (Å²) in [5, 5.41) is 0. The van der Waals surface area contributed by atoms with Crippen LogP contribution >= 0.6 is 11.6 Å². The van der Waals surface area contributed by atoms with Crippen LogP contribution in [0.15, 0.2) is 24.3 Å². The fraction of sp³-hybridized carbons (Fsp3) is 0.467. The molecule has 1 aromatic carbocycles. The lowest BCUT2D eigenvalue weighted by Gasteiger charge is -2.45. The van der Waals surface area contributed by atoms with E-state index in [0.717, 1.165) is 12.1 Å². The molecule has 0 saturated carbocycles. The van der Waals surface area contributed by atoms with Gasteiger partial charge in [0.1, 0.15) is 16.7 Å². The molecule has 2 aliphatic rings. The summed E-state index contributed by atoms with van der Waals surface area (Å²) in [6.07, 6.45) is -4.40. The van der Waals surface area contributed by atoms with E-state index in [-0.39, 0.29) is 18.4 Å². The van der Waals surface area contributed by atoms with Gasteiger partial charge in [0, 0.05) is 24.8 Å². The molecule has 2 unspecified atom stereocenters. The van der Waals surface area contributed by atoms with Crippen LogP contribution in [0.5, 0.6) is 5.75 Å². The van der Waals surface area contributed by atoms with Crippen LogP contribution in [0.25, 0.3) is 0 Å². The van der Waals surface area contributed by atoms with Gasteiger partial charge in [-0.1, -0.05) is 6.07 Å². The van der Waals surface area contributed by atoms with Crippen molar-refractivity contribution in [1.29, 1.82) is 0 Å². The van der Waals surface area contributed by atoms with E-state index in [1.165, 1.54) is 21.9 Å². The first kappa shape index (κ1) is 16.9. The number of rotatable bonds is 3. The molecule has 3 rings (SSSR count). The monoisotopic (exact) mass is 362 g/mol. The molecular weight excluding hydrogens is 349 g/mol. The second kappa shape index (κ2) is 5.54. The predicted molar refractivity (Wildman–Crippen MR) is 79.9 cm³/mol. The molecule has 2 atom stereocenters. The molecule has 2 heterocycles. The number of carbonyl (C=O) groups excluding carboxylic acids is 2. The van der Waals surface area contributed by atoms with Gasteiger partial charge in [0.05, 0.1) is 0 Å². The van der Waals surface area contributed by atoms with Crippen molar-refractivity contribution in [2.75, 3.05) is 18.0 Å². The number of halogens is 4. The number of β-lactam (4-membered cyclic amide) rings is 1. The van der Waals surface area contributed by atoms with Crippen LogP contribution in [-0.2, 0) is 9.59 Å². The van der Waals surface area contributed by atoms with Gasteiger partial charge in [-0.25, -0.2) is 0 Å². The fourth-order valence-electron chi connectivity index (χ4n) is 2.98. The van der Waals surface area contributed by atoms with E-state index in [4.69, 9.17) is 11.6 Å². The van der Waals surface area contributed by atoms with E-state index in [1.54, 1.807) is 6.92 Å². The van der Waals surface area contributed by atoms with Crippen LogP contribution in [0, 0.1) is 0 Å². The average Bonchev–Trinajstić information content (AvgIpc) is 2.84. The van der Waals surface area contributed by atoms with Gasteiger partial charge in [-0.05, 0) is 25.5 Å². The first-order valence-electron chi connectivity index (χ1n) is 7.26. The van der Waals surface area contributed by atoms with E-state index in [0.29, 0.717) is 18.7 Å². The maximum Gasteiger partial charge on any atom is 0.573 e. The van der Waals surface area contributed by atoms with Crippen molar-refractivity contribution in [3.8, 4) is 5.75 Å². The molecule has 5 nitrogen and oxygen atoms in total. The van der Waals surface area contributed by atoms with Gasteiger partial charge >= 0.3 is 6.36 Å². The van der Waals surface area contributed by atoms with Crippen LogP contribution in [0.2, 0.25) is 0 Å². The molecule has 9 heteroatoms. The van der Waals surface area contributed by atoms with Crippen molar-refractivity contribution in [2.45, 2.75) is 30.6 Å². The van der Waals surface area contributed by atoms with Gasteiger partial charge in [0.15, 0.2) is 0 Å². The number of hydrogen-bond acceptors (Lipinski definition) is 3. The average molecular weight is 363 g/mol. The summed E-state index contributed by atoms with van der Waals surface area (Å²) in [6, 6.07) is 4.58. The molecule has 130 valence electrons. The van der Waals surface area contributed by atoms with Crippen LogP contribution in [0.4, 0.5) is 18.9 Å². The van der Waals surface area contributed by atoms with Crippen molar-refractivity contribution < 1.29 is 27.5 Å². The van der Waals surface area contributed by atoms with Crippen molar-refractivity contribution in [1.82, 2.24) is 4.90 Å². The number of amides is 2. The summed E-state index contributed by atoms with van der Waals surface area (Å²) in [6.45, 7) is 2.17. The molecule has 2 aliphatic heterocycles. The third kappa shape index (κ3) is 3.02. The number of likely N-dealkylation sites (tertiary alicyclic amines) is 1. The summed E-state index contributed by atoms with van der Waals surface area (Å²) < 4.78 is 40.8. The van der Waals surface area contributed by atoms with Gasteiger partial charge < -0.3 is 14.5 Å². The first-order valence-corrected chi connectivity index (χ1v) is 7.63. The van der Waals surface area contributed by atoms with E-state index in [2.05, 4.69) is 4.74 Å². The molecule has 0 aromatic heterocycles. The molecule has 0 spiro atoms. The van der Waals surface area contributed by atoms with Crippen molar-refractivity contribution >= 4 is 29.1 Å². The van der Waals surface area contributed by atoms with Crippen molar-refractivity contribution in [3.63, 3.8) is 0 Å². The van der Waals surface area contributed by atoms with Gasteiger partial charge in [-0.3, -0.25) is 9.59 Å². The van der Waals surface area contributed by atoms with E-state index in [1.807, 2.05) is 0 Å². The quantitative estimate of drug-likeness (QED) is 0.613. The van der Waals surface area contributed by atoms with Gasteiger partial charge in [0.2, 0.25) is 11.8 Å². The Morgan fingerprint density at radius 2 is 2.04 bits per heavy atom. The highest BCUT2D eigenvalue weighted by Gasteiger charge is 2.53. The highest BCUT2D eigenvalue weighted by Crippen LogP contribution is 2.36. The third-order valence-corrected chi connectivity index (χ3v) is 4.37. The Bertz CT molecular complexity index is 693. The second-order valence-electron chi connectivity index (χ2n) is 5.97. The fourth-order valence-corrected chi connectivity index (χ4v) is 3.22. The molecule has 0 bridgehead atoms. The van der Waals surface area contributed by atoms with Crippen LogP contribution in [-0.4, -0.2) is 47.1 Å². The normalized spacial score (nSPS) is 27.5.